The zero-order chi connectivity index (χ0) is 13.0. The molecule has 0 amide bonds. The normalized spacial score (nSPS) is 11.2. The van der Waals surface area contributed by atoms with E-state index in [0.29, 0.717) is 11.3 Å². The van der Waals surface area contributed by atoms with Gasteiger partial charge >= 0.3 is 29.6 Å². The number of aliphatic carboxylic acids is 1. The van der Waals surface area contributed by atoms with Crippen LogP contribution >= 0.6 is 0 Å². The van der Waals surface area contributed by atoms with Crippen molar-refractivity contribution in [3.8, 4) is 11.5 Å². The maximum Gasteiger partial charge on any atom is 1.00 e. The van der Waals surface area contributed by atoms with Crippen LogP contribution in [0, 0.1) is 0 Å². The van der Waals surface area contributed by atoms with E-state index in [2.05, 4.69) is 0 Å². The Kier molecular flexibility index (Phi) is 6.09. The number of rotatable bonds is 4. The SMILES string of the molecule is C[C@@H](C(=O)[O-])c1cccc(Oc2ccccc2)c1.[Na+]. The molecule has 2 aromatic rings. The first kappa shape index (κ1) is 15.8. The molecule has 0 saturated heterocycles. The summed E-state index contributed by atoms with van der Waals surface area (Å²) in [7, 11) is 0. The molecule has 0 bridgehead atoms. The largest absolute Gasteiger partial charge is 1.00 e. The molecule has 0 radical (unpaired) electrons. The maximum atomic E-state index is 10.8. The molecule has 3 nitrogen and oxygen atoms in total. The number of ether oxygens (including phenoxy) is 1. The van der Waals surface area contributed by atoms with Gasteiger partial charge in [-0.05, 0) is 29.8 Å². The van der Waals surface area contributed by atoms with Crippen molar-refractivity contribution in [2.75, 3.05) is 0 Å². The summed E-state index contributed by atoms with van der Waals surface area (Å²) in [6, 6.07) is 16.4. The van der Waals surface area contributed by atoms with Crippen molar-refractivity contribution < 1.29 is 44.2 Å². The summed E-state index contributed by atoms with van der Waals surface area (Å²) in [5, 5.41) is 10.8. The first-order valence-electron chi connectivity index (χ1n) is 5.70. The summed E-state index contributed by atoms with van der Waals surface area (Å²) in [6.07, 6.45) is 0. The fraction of sp³-hybridized carbons (Fsp3) is 0.133. The standard InChI is InChI=1S/C15H14O3.Na/c1-11(15(16)17)12-6-5-9-14(10-12)18-13-7-3-2-4-8-13;/h2-11H,1H3,(H,16,17);/q;+1/p-1/t11-;/m1./s1. The van der Waals surface area contributed by atoms with Crippen LogP contribution in [0.25, 0.3) is 0 Å². The third kappa shape index (κ3) is 4.39. The number of carbonyl (C=O) groups is 1. The van der Waals surface area contributed by atoms with Crippen molar-refractivity contribution in [3.05, 3.63) is 60.2 Å². The van der Waals surface area contributed by atoms with Gasteiger partial charge in [0.2, 0.25) is 0 Å². The van der Waals surface area contributed by atoms with Crippen molar-refractivity contribution in [1.29, 1.82) is 0 Å². The number of carboxylic acids is 1. The smallest absolute Gasteiger partial charge is 0.550 e. The van der Waals surface area contributed by atoms with Crippen LogP contribution in [0.15, 0.2) is 54.6 Å². The second-order valence-electron chi connectivity index (χ2n) is 4.03. The average molecular weight is 264 g/mol. The van der Waals surface area contributed by atoms with Gasteiger partial charge in [-0.3, -0.25) is 0 Å². The molecule has 92 valence electrons. The molecule has 2 rings (SSSR count). The van der Waals surface area contributed by atoms with E-state index in [1.807, 2.05) is 30.3 Å². The van der Waals surface area contributed by atoms with Gasteiger partial charge in [-0.25, -0.2) is 0 Å². The van der Waals surface area contributed by atoms with Crippen LogP contribution in [0.2, 0.25) is 0 Å². The molecule has 0 heterocycles. The molecule has 19 heavy (non-hydrogen) atoms. The van der Waals surface area contributed by atoms with Gasteiger partial charge in [0.15, 0.2) is 0 Å². The van der Waals surface area contributed by atoms with Gasteiger partial charge in [-0.1, -0.05) is 37.3 Å². The van der Waals surface area contributed by atoms with Crippen molar-refractivity contribution in [1.82, 2.24) is 0 Å². The van der Waals surface area contributed by atoms with E-state index in [0.717, 1.165) is 5.75 Å². The summed E-state index contributed by atoms with van der Waals surface area (Å²) < 4.78 is 5.64. The molecule has 0 N–H and O–H groups in total. The number of hydrogen-bond acceptors (Lipinski definition) is 3. The van der Waals surface area contributed by atoms with Gasteiger partial charge in [0.25, 0.3) is 0 Å². The Morgan fingerprint density at radius 1 is 1.05 bits per heavy atom. The second kappa shape index (κ2) is 7.34. The van der Waals surface area contributed by atoms with Crippen LogP contribution in [0.1, 0.15) is 18.4 Å². The van der Waals surface area contributed by atoms with E-state index in [4.69, 9.17) is 4.74 Å². The number of carboxylic acid groups (broad SMARTS) is 1. The molecular formula is C15H13NaO3. The monoisotopic (exact) mass is 264 g/mol. The fourth-order valence-electron chi connectivity index (χ4n) is 1.61. The topological polar surface area (TPSA) is 49.4 Å². The molecule has 4 heteroatoms. The van der Waals surface area contributed by atoms with Gasteiger partial charge in [0.1, 0.15) is 11.5 Å². The van der Waals surface area contributed by atoms with Crippen LogP contribution in [-0.4, -0.2) is 5.97 Å². The van der Waals surface area contributed by atoms with E-state index in [1.54, 1.807) is 31.2 Å². The molecule has 0 aliphatic heterocycles. The summed E-state index contributed by atoms with van der Waals surface area (Å²) in [5.74, 6) is -0.404. The number of hydrogen-bond donors (Lipinski definition) is 0. The number of benzene rings is 2. The molecule has 0 aliphatic rings. The maximum absolute atomic E-state index is 10.8. The molecule has 0 aliphatic carbocycles. The summed E-state index contributed by atoms with van der Waals surface area (Å²) >= 11 is 0. The molecule has 1 atom stereocenters. The molecule has 0 saturated carbocycles. The van der Waals surface area contributed by atoms with Crippen LogP contribution < -0.4 is 39.4 Å². The van der Waals surface area contributed by atoms with E-state index >= 15 is 0 Å². The molecule has 0 aromatic heterocycles. The Morgan fingerprint density at radius 3 is 2.32 bits per heavy atom. The van der Waals surface area contributed by atoms with Crippen molar-refractivity contribution in [2.24, 2.45) is 0 Å². The molecule has 0 fully saturated rings. The minimum Gasteiger partial charge on any atom is -0.550 e. The Morgan fingerprint density at radius 2 is 1.68 bits per heavy atom. The van der Waals surface area contributed by atoms with Gasteiger partial charge in [-0.2, -0.15) is 0 Å². The van der Waals surface area contributed by atoms with E-state index in [-0.39, 0.29) is 29.6 Å². The summed E-state index contributed by atoms with van der Waals surface area (Å²) in [5.41, 5.74) is 0.670. The van der Waals surface area contributed by atoms with Crippen LogP contribution in [-0.2, 0) is 4.79 Å². The van der Waals surface area contributed by atoms with Crippen molar-refractivity contribution >= 4 is 5.97 Å². The van der Waals surface area contributed by atoms with Crippen LogP contribution in [0.4, 0.5) is 0 Å². The van der Waals surface area contributed by atoms with Gasteiger partial charge in [-0.15, -0.1) is 0 Å². The van der Waals surface area contributed by atoms with Crippen molar-refractivity contribution in [2.45, 2.75) is 12.8 Å². The van der Waals surface area contributed by atoms with Crippen molar-refractivity contribution in [3.63, 3.8) is 0 Å². The van der Waals surface area contributed by atoms with Gasteiger partial charge in [0, 0.05) is 11.9 Å². The first-order valence-corrected chi connectivity index (χ1v) is 5.70. The van der Waals surface area contributed by atoms with E-state index in [9.17, 15) is 9.90 Å². The molecule has 0 spiro atoms. The first-order chi connectivity index (χ1) is 8.66. The minimum absolute atomic E-state index is 0. The van der Waals surface area contributed by atoms with Crippen LogP contribution in [0.5, 0.6) is 11.5 Å². The quantitative estimate of drug-likeness (QED) is 0.689. The van der Waals surface area contributed by atoms with Gasteiger partial charge in [0.05, 0.1) is 0 Å². The fourth-order valence-corrected chi connectivity index (χ4v) is 1.61. The van der Waals surface area contributed by atoms with Crippen LogP contribution in [0.3, 0.4) is 0 Å². The Balaban J connectivity index is 0.00000180. The molecule has 0 unspecified atom stereocenters. The Bertz CT molecular complexity index is 540. The second-order valence-corrected chi connectivity index (χ2v) is 4.03. The number of carbonyl (C=O) groups excluding carboxylic acids is 1. The predicted octanol–water partition coefficient (Wildman–Crippen LogP) is -0.664. The summed E-state index contributed by atoms with van der Waals surface area (Å²) in [4.78, 5) is 10.8. The van der Waals surface area contributed by atoms with Gasteiger partial charge < -0.3 is 14.6 Å². The Labute approximate surface area is 134 Å². The zero-order valence-electron chi connectivity index (χ0n) is 11.0. The van der Waals surface area contributed by atoms with E-state index in [1.165, 1.54) is 0 Å². The number of para-hydroxylation sites is 1. The molecular weight excluding hydrogens is 251 g/mol. The zero-order valence-corrected chi connectivity index (χ0v) is 13.0. The molecule has 2 aromatic carbocycles. The Hall–Kier alpha value is -1.29. The summed E-state index contributed by atoms with van der Waals surface area (Å²) in [6.45, 7) is 1.59. The third-order valence-electron chi connectivity index (χ3n) is 2.69. The van der Waals surface area contributed by atoms with E-state index < -0.39 is 11.9 Å². The third-order valence-corrected chi connectivity index (χ3v) is 2.69. The minimum atomic E-state index is -1.09. The predicted molar refractivity (Wildman–Crippen MR) is 66.4 cm³/mol. The average Bonchev–Trinajstić information content (AvgIpc) is 2.39.